The van der Waals surface area contributed by atoms with Gasteiger partial charge < -0.3 is 19.9 Å². The standard InChI is InChI=1S/C38H68N2O8/c1-32(2,3)30(45)47-39-34(7,8)22-26(23-35(39,9)10)38(29(43)44,21-19-17-15-16-18-20-28(41)42)27-24-36(11,12)40(37(13,14)25-27)48-31(46)33(4,5)6/h26-27H,15-25H2,1-14H3,(H,41,42)(H,43,44). The van der Waals surface area contributed by atoms with Gasteiger partial charge in [-0.25, -0.2) is 9.59 Å². The summed E-state index contributed by atoms with van der Waals surface area (Å²) in [7, 11) is 0. The third kappa shape index (κ3) is 9.73. The van der Waals surface area contributed by atoms with Crippen molar-refractivity contribution in [3.8, 4) is 0 Å². The maximum Gasteiger partial charge on any atom is 0.330 e. The highest BCUT2D eigenvalue weighted by atomic mass is 16.7. The molecule has 0 amide bonds. The molecule has 2 saturated heterocycles. The second-order valence-electron chi connectivity index (χ2n) is 19.3. The van der Waals surface area contributed by atoms with Crippen LogP contribution in [0.4, 0.5) is 0 Å². The van der Waals surface area contributed by atoms with Crippen molar-refractivity contribution < 1.29 is 39.1 Å². The minimum absolute atomic E-state index is 0.143. The summed E-state index contributed by atoms with van der Waals surface area (Å²) in [5, 5.41) is 24.1. The summed E-state index contributed by atoms with van der Waals surface area (Å²) in [6.07, 6.45) is 6.51. The van der Waals surface area contributed by atoms with Gasteiger partial charge in [-0.15, -0.1) is 10.1 Å². The number of rotatable bonds is 13. The highest BCUT2D eigenvalue weighted by molar-refractivity contribution is 5.77. The van der Waals surface area contributed by atoms with Gasteiger partial charge in [0, 0.05) is 6.42 Å². The lowest BCUT2D eigenvalue weighted by Gasteiger charge is -2.61. The molecule has 0 aromatic rings. The van der Waals surface area contributed by atoms with Gasteiger partial charge in [-0.1, -0.05) is 25.7 Å². The summed E-state index contributed by atoms with van der Waals surface area (Å²) >= 11 is 0. The molecule has 10 heteroatoms. The van der Waals surface area contributed by atoms with Gasteiger partial charge in [-0.2, -0.15) is 0 Å². The molecule has 0 aliphatic carbocycles. The number of unbranched alkanes of at least 4 members (excludes halogenated alkanes) is 4. The number of hydroxylamine groups is 4. The first kappa shape index (κ1) is 42.0. The van der Waals surface area contributed by atoms with Crippen LogP contribution in [0.15, 0.2) is 0 Å². The predicted octanol–water partition coefficient (Wildman–Crippen LogP) is 8.42. The Kier molecular flexibility index (Phi) is 12.7. The molecule has 2 aliphatic heterocycles. The van der Waals surface area contributed by atoms with Crippen molar-refractivity contribution in [2.45, 2.75) is 190 Å². The van der Waals surface area contributed by atoms with Crippen molar-refractivity contribution in [1.29, 1.82) is 0 Å². The SMILES string of the molecule is CC(C)(C)C(=O)ON1C(C)(C)CC(C(CCCCCCCC(=O)O)(C(=O)O)C2CC(C)(C)N(OC(=O)C(C)(C)C)C(C)(C)C2)CC1(C)C. The fraction of sp³-hybridized carbons (Fsp3) is 0.895. The molecule has 278 valence electrons. The molecule has 0 atom stereocenters. The molecule has 10 nitrogen and oxygen atoms in total. The van der Waals surface area contributed by atoms with Gasteiger partial charge in [0.1, 0.15) is 0 Å². The highest BCUT2D eigenvalue weighted by Crippen LogP contribution is 2.59. The van der Waals surface area contributed by atoms with Gasteiger partial charge in [-0.3, -0.25) is 9.59 Å². The summed E-state index contributed by atoms with van der Waals surface area (Å²) in [5.74, 6) is -2.70. The minimum atomic E-state index is -1.09. The van der Waals surface area contributed by atoms with Crippen molar-refractivity contribution in [2.24, 2.45) is 28.1 Å². The molecule has 2 rings (SSSR count). The topological polar surface area (TPSA) is 134 Å². The Morgan fingerprint density at radius 3 is 1.19 bits per heavy atom. The van der Waals surface area contributed by atoms with Crippen LogP contribution in [0, 0.1) is 28.1 Å². The number of piperidine rings is 2. The molecule has 0 unspecified atom stereocenters. The van der Waals surface area contributed by atoms with Crippen LogP contribution >= 0.6 is 0 Å². The van der Waals surface area contributed by atoms with Crippen molar-refractivity contribution >= 4 is 23.9 Å². The molecule has 0 bridgehead atoms. The van der Waals surface area contributed by atoms with Crippen LogP contribution in [-0.2, 0) is 28.9 Å². The first-order chi connectivity index (χ1) is 21.5. The number of carbonyl (C=O) groups is 4. The second-order valence-corrected chi connectivity index (χ2v) is 19.3. The van der Waals surface area contributed by atoms with Gasteiger partial charge in [0.05, 0.1) is 38.4 Å². The average molecular weight is 681 g/mol. The number of carboxylic acids is 2. The van der Waals surface area contributed by atoms with E-state index in [1.165, 1.54) is 0 Å². The first-order valence-corrected chi connectivity index (χ1v) is 18.0. The third-order valence-electron chi connectivity index (χ3n) is 10.6. The van der Waals surface area contributed by atoms with E-state index in [9.17, 15) is 24.3 Å². The van der Waals surface area contributed by atoms with Crippen molar-refractivity contribution in [3.05, 3.63) is 0 Å². The van der Waals surface area contributed by atoms with E-state index in [0.29, 0.717) is 44.9 Å². The van der Waals surface area contributed by atoms with E-state index in [-0.39, 0.29) is 30.2 Å². The van der Waals surface area contributed by atoms with E-state index in [4.69, 9.17) is 14.8 Å². The lowest BCUT2D eigenvalue weighted by molar-refractivity contribution is -0.294. The van der Waals surface area contributed by atoms with E-state index >= 15 is 0 Å². The number of hydrogen-bond acceptors (Lipinski definition) is 8. The second kappa shape index (κ2) is 14.6. The van der Waals surface area contributed by atoms with Gasteiger partial charge >= 0.3 is 23.9 Å². The van der Waals surface area contributed by atoms with E-state index in [2.05, 4.69) is 0 Å². The molecule has 0 spiro atoms. The maximum atomic E-state index is 14.0. The molecule has 48 heavy (non-hydrogen) atoms. The molecule has 2 aliphatic rings. The van der Waals surface area contributed by atoms with Gasteiger partial charge in [0.25, 0.3) is 0 Å². The normalized spacial score (nSPS) is 22.2. The Bertz CT molecular complexity index is 1070. The van der Waals surface area contributed by atoms with Gasteiger partial charge in [0.2, 0.25) is 0 Å². The summed E-state index contributed by atoms with van der Waals surface area (Å²) in [5.41, 5.74) is -5.04. The lowest BCUT2D eigenvalue weighted by Crippen LogP contribution is -2.67. The van der Waals surface area contributed by atoms with Crippen molar-refractivity contribution in [3.63, 3.8) is 0 Å². The molecule has 0 saturated carbocycles. The van der Waals surface area contributed by atoms with Gasteiger partial charge in [-0.05, 0) is 147 Å². The number of hydrogen-bond donors (Lipinski definition) is 2. The smallest absolute Gasteiger partial charge is 0.330 e. The first-order valence-electron chi connectivity index (χ1n) is 18.0. The molecule has 0 radical (unpaired) electrons. The van der Waals surface area contributed by atoms with E-state index < -0.39 is 50.3 Å². The average Bonchev–Trinajstić information content (AvgIpc) is 2.87. The Hall–Kier alpha value is -2.20. The predicted molar refractivity (Wildman–Crippen MR) is 187 cm³/mol. The third-order valence-corrected chi connectivity index (χ3v) is 10.6. The molecular formula is C38H68N2O8. The number of nitrogens with zero attached hydrogens (tertiary/aromatic N) is 2. The molecule has 2 N–H and O–H groups in total. The molecule has 2 fully saturated rings. The summed E-state index contributed by atoms with van der Waals surface area (Å²) < 4.78 is 0. The monoisotopic (exact) mass is 680 g/mol. The van der Waals surface area contributed by atoms with E-state index in [0.717, 1.165) is 19.3 Å². The number of aliphatic carboxylic acids is 2. The molecular weight excluding hydrogens is 612 g/mol. The largest absolute Gasteiger partial charge is 0.481 e. The van der Waals surface area contributed by atoms with E-state index in [1.807, 2.05) is 107 Å². The molecule has 2 heterocycles. The fourth-order valence-corrected chi connectivity index (χ4v) is 8.61. The zero-order valence-corrected chi connectivity index (χ0v) is 32.7. The van der Waals surface area contributed by atoms with E-state index in [1.54, 1.807) is 0 Å². The summed E-state index contributed by atoms with van der Waals surface area (Å²) in [4.78, 5) is 63.4. The Balaban J connectivity index is 2.57. The van der Waals surface area contributed by atoms with Crippen LogP contribution in [0.25, 0.3) is 0 Å². The molecule has 0 aromatic carbocycles. The Morgan fingerprint density at radius 2 is 0.896 bits per heavy atom. The zero-order chi connectivity index (χ0) is 37.3. The van der Waals surface area contributed by atoms with Crippen molar-refractivity contribution in [1.82, 2.24) is 10.1 Å². The minimum Gasteiger partial charge on any atom is -0.481 e. The van der Waals surface area contributed by atoms with Crippen LogP contribution in [0.5, 0.6) is 0 Å². The molecule has 0 aromatic heterocycles. The van der Waals surface area contributed by atoms with Crippen LogP contribution < -0.4 is 0 Å². The quantitative estimate of drug-likeness (QED) is 0.183. The zero-order valence-electron chi connectivity index (χ0n) is 32.7. The number of carboxylic acid groups (broad SMARTS) is 2. The van der Waals surface area contributed by atoms with Gasteiger partial charge in [0.15, 0.2) is 0 Å². The maximum absolute atomic E-state index is 14.0. The van der Waals surface area contributed by atoms with Crippen LogP contribution in [0.2, 0.25) is 0 Å². The summed E-state index contributed by atoms with van der Waals surface area (Å²) in [6, 6.07) is 0. The van der Waals surface area contributed by atoms with Crippen LogP contribution in [-0.4, -0.2) is 66.4 Å². The lowest BCUT2D eigenvalue weighted by atomic mass is 9.52. The van der Waals surface area contributed by atoms with Crippen LogP contribution in [0.1, 0.15) is 168 Å². The highest BCUT2D eigenvalue weighted by Gasteiger charge is 2.62. The van der Waals surface area contributed by atoms with Crippen molar-refractivity contribution in [2.75, 3.05) is 0 Å². The van der Waals surface area contributed by atoms with Crippen LogP contribution in [0.3, 0.4) is 0 Å². The Morgan fingerprint density at radius 1 is 0.583 bits per heavy atom. The Labute approximate surface area is 290 Å². The summed E-state index contributed by atoms with van der Waals surface area (Å²) in [6.45, 7) is 27.3. The number of carbonyl (C=O) groups excluding carboxylic acids is 2. The fourth-order valence-electron chi connectivity index (χ4n) is 8.61.